The normalized spacial score (nSPS) is 15.6. The lowest BCUT2D eigenvalue weighted by atomic mass is 10.0. The van der Waals surface area contributed by atoms with Crippen LogP contribution in [0.15, 0.2) is 72.8 Å². The van der Waals surface area contributed by atoms with Crippen LogP contribution in [0.5, 0.6) is 5.75 Å². The molecule has 0 N–H and O–H groups in total. The lowest BCUT2D eigenvalue weighted by molar-refractivity contribution is -0.147. The van der Waals surface area contributed by atoms with Crippen LogP contribution in [-0.4, -0.2) is 12.1 Å². The van der Waals surface area contributed by atoms with Crippen LogP contribution in [0.3, 0.4) is 0 Å². The second-order valence-corrected chi connectivity index (χ2v) is 7.82. The van der Waals surface area contributed by atoms with E-state index in [9.17, 15) is 13.2 Å². The number of methoxy groups -OCH3 is 1. The number of para-hydroxylation sites is 1. The third kappa shape index (κ3) is 4.42. The van der Waals surface area contributed by atoms with Gasteiger partial charge in [-0.25, -0.2) is 4.98 Å². The summed E-state index contributed by atoms with van der Waals surface area (Å²) in [7, 11) is 1.54. The van der Waals surface area contributed by atoms with Gasteiger partial charge in [-0.3, -0.25) is 0 Å². The Hall–Kier alpha value is -3.42. The molecule has 3 aromatic carbocycles. The minimum atomic E-state index is -4.37. The molecule has 1 aliphatic rings. The Bertz CT molecular complexity index is 1300. The van der Waals surface area contributed by atoms with Gasteiger partial charge in [-0.2, -0.15) is 13.2 Å². The van der Waals surface area contributed by atoms with E-state index in [-0.39, 0.29) is 6.61 Å². The van der Waals surface area contributed by atoms with Crippen LogP contribution >= 0.6 is 0 Å². The van der Waals surface area contributed by atoms with Crippen molar-refractivity contribution in [2.24, 2.45) is 0 Å². The van der Waals surface area contributed by atoms with Gasteiger partial charge in [0.25, 0.3) is 0 Å². The molecule has 1 atom stereocenters. The van der Waals surface area contributed by atoms with Crippen LogP contribution in [0.4, 0.5) is 13.2 Å². The summed E-state index contributed by atoms with van der Waals surface area (Å²) in [6.07, 6.45) is -4.96. The summed E-state index contributed by atoms with van der Waals surface area (Å²) in [6, 6.07) is 20.5. The molecule has 168 valence electrons. The molecule has 0 amide bonds. The van der Waals surface area contributed by atoms with Crippen molar-refractivity contribution in [3.8, 4) is 16.9 Å². The van der Waals surface area contributed by atoms with E-state index < -0.39 is 18.0 Å². The van der Waals surface area contributed by atoms with E-state index >= 15 is 0 Å². The molecular weight excluding hydrogens is 431 g/mol. The third-order valence-electron chi connectivity index (χ3n) is 5.60. The van der Waals surface area contributed by atoms with Gasteiger partial charge in [0, 0.05) is 10.9 Å². The minimum Gasteiger partial charge on any atom is -0.497 e. The number of hydrogen-bond acceptors (Lipinski definition) is 4. The summed E-state index contributed by atoms with van der Waals surface area (Å²) in [5.74, 6) is 0.586. The number of hydrogen-bond donors (Lipinski definition) is 0. The van der Waals surface area contributed by atoms with Gasteiger partial charge in [0.1, 0.15) is 11.4 Å². The highest BCUT2D eigenvalue weighted by molar-refractivity contribution is 5.79. The molecule has 0 bridgehead atoms. The smallest absolute Gasteiger partial charge is 0.416 e. The van der Waals surface area contributed by atoms with Gasteiger partial charge in [0.05, 0.1) is 31.4 Å². The van der Waals surface area contributed by atoms with Gasteiger partial charge < -0.3 is 14.2 Å². The molecule has 0 radical (unpaired) electrons. The highest BCUT2D eigenvalue weighted by Crippen LogP contribution is 2.35. The molecule has 4 aromatic rings. The first-order valence-corrected chi connectivity index (χ1v) is 10.4. The van der Waals surface area contributed by atoms with Gasteiger partial charge in [-0.15, -0.1) is 0 Å². The predicted molar refractivity (Wildman–Crippen MR) is 117 cm³/mol. The number of pyridine rings is 1. The molecule has 0 aliphatic carbocycles. The van der Waals surface area contributed by atoms with Crippen molar-refractivity contribution in [1.82, 2.24) is 4.98 Å². The standard InChI is InChI=1S/C26H20F3NO3/c1-31-22-11-16(10-19(13-22)17-6-8-21(9-7-17)26(27,28)29)14-32-25-24-20(15-33-25)12-18-4-2-3-5-23(18)30-24/h2-13,25H,14-15H2,1H3. The zero-order valence-electron chi connectivity index (χ0n) is 17.7. The highest BCUT2D eigenvalue weighted by Gasteiger charge is 2.30. The first-order valence-electron chi connectivity index (χ1n) is 10.4. The van der Waals surface area contributed by atoms with Crippen LogP contribution in [0, 0.1) is 0 Å². The number of ether oxygens (including phenoxy) is 3. The first-order chi connectivity index (χ1) is 15.9. The summed E-state index contributed by atoms with van der Waals surface area (Å²) in [5, 5.41) is 1.05. The number of nitrogens with zero attached hydrogens (tertiary/aromatic N) is 1. The Labute approximate surface area is 188 Å². The van der Waals surface area contributed by atoms with Crippen LogP contribution < -0.4 is 4.74 Å². The van der Waals surface area contributed by atoms with Crippen LogP contribution in [0.25, 0.3) is 22.0 Å². The van der Waals surface area contributed by atoms with Gasteiger partial charge >= 0.3 is 6.18 Å². The molecule has 5 rings (SSSR count). The number of benzene rings is 3. The first kappa shape index (κ1) is 21.4. The average Bonchev–Trinajstić information content (AvgIpc) is 3.22. The number of aromatic nitrogens is 1. The Balaban J connectivity index is 1.37. The van der Waals surface area contributed by atoms with Crippen molar-refractivity contribution < 1.29 is 27.4 Å². The van der Waals surface area contributed by atoms with Gasteiger partial charge in [0.2, 0.25) is 6.29 Å². The zero-order chi connectivity index (χ0) is 23.0. The van der Waals surface area contributed by atoms with Gasteiger partial charge in [-0.1, -0.05) is 30.3 Å². The SMILES string of the molecule is COc1cc(COC2OCc3cc4ccccc4nc32)cc(-c2ccc(C(F)(F)F)cc2)c1. The van der Waals surface area contributed by atoms with Gasteiger partial charge in [0.15, 0.2) is 0 Å². The minimum absolute atomic E-state index is 0.226. The van der Waals surface area contributed by atoms with Gasteiger partial charge in [-0.05, 0) is 59.2 Å². The number of halogens is 3. The topological polar surface area (TPSA) is 40.6 Å². The van der Waals surface area contributed by atoms with Crippen molar-refractivity contribution in [3.05, 3.63) is 95.2 Å². The predicted octanol–water partition coefficient (Wildman–Crippen LogP) is 6.67. The fourth-order valence-corrected chi connectivity index (χ4v) is 3.92. The summed E-state index contributed by atoms with van der Waals surface area (Å²) in [4.78, 5) is 4.71. The van der Waals surface area contributed by atoms with E-state index in [4.69, 9.17) is 19.2 Å². The van der Waals surface area contributed by atoms with Crippen LogP contribution in [0.2, 0.25) is 0 Å². The lowest BCUT2D eigenvalue weighted by Crippen LogP contribution is -2.05. The maximum absolute atomic E-state index is 12.9. The molecule has 1 unspecified atom stereocenters. The Morgan fingerprint density at radius 1 is 0.970 bits per heavy atom. The van der Waals surface area contributed by atoms with E-state index in [2.05, 4.69) is 6.07 Å². The molecule has 4 nitrogen and oxygen atoms in total. The summed E-state index contributed by atoms with van der Waals surface area (Å²) >= 11 is 0. The molecule has 33 heavy (non-hydrogen) atoms. The number of rotatable bonds is 5. The van der Waals surface area contributed by atoms with E-state index in [1.165, 1.54) is 12.1 Å². The molecule has 0 spiro atoms. The van der Waals surface area contributed by atoms with Crippen molar-refractivity contribution >= 4 is 10.9 Å². The fourth-order valence-electron chi connectivity index (χ4n) is 3.92. The lowest BCUT2D eigenvalue weighted by Gasteiger charge is -2.14. The van der Waals surface area contributed by atoms with Crippen LogP contribution in [0.1, 0.15) is 28.7 Å². The average molecular weight is 451 g/mol. The second kappa shape index (κ2) is 8.50. The zero-order valence-corrected chi connectivity index (χ0v) is 17.7. The molecular formula is C26H20F3NO3. The Morgan fingerprint density at radius 3 is 2.52 bits per heavy atom. The Kier molecular flexibility index (Phi) is 5.52. The molecule has 2 heterocycles. The summed E-state index contributed by atoms with van der Waals surface area (Å²) in [5.41, 5.74) is 4.14. The van der Waals surface area contributed by atoms with Crippen molar-refractivity contribution in [2.75, 3.05) is 7.11 Å². The highest BCUT2D eigenvalue weighted by atomic mass is 19.4. The van der Waals surface area contributed by atoms with Crippen molar-refractivity contribution in [2.45, 2.75) is 25.7 Å². The summed E-state index contributed by atoms with van der Waals surface area (Å²) in [6.45, 7) is 0.649. The molecule has 1 aliphatic heterocycles. The number of fused-ring (bicyclic) bond motifs is 2. The summed E-state index contributed by atoms with van der Waals surface area (Å²) < 4.78 is 55.9. The monoisotopic (exact) mass is 451 g/mol. The molecule has 1 aromatic heterocycles. The Morgan fingerprint density at radius 2 is 1.76 bits per heavy atom. The van der Waals surface area contributed by atoms with Crippen molar-refractivity contribution in [1.29, 1.82) is 0 Å². The second-order valence-electron chi connectivity index (χ2n) is 7.82. The van der Waals surface area contributed by atoms with E-state index in [0.29, 0.717) is 17.9 Å². The largest absolute Gasteiger partial charge is 0.497 e. The molecule has 7 heteroatoms. The molecule has 0 saturated heterocycles. The van der Waals surface area contributed by atoms with E-state index in [1.54, 1.807) is 13.2 Å². The molecule has 0 saturated carbocycles. The maximum Gasteiger partial charge on any atom is 0.416 e. The van der Waals surface area contributed by atoms with Crippen molar-refractivity contribution in [3.63, 3.8) is 0 Å². The third-order valence-corrected chi connectivity index (χ3v) is 5.60. The number of alkyl halides is 3. The van der Waals surface area contributed by atoms with E-state index in [0.717, 1.165) is 45.4 Å². The van der Waals surface area contributed by atoms with Crippen LogP contribution in [-0.2, 0) is 28.9 Å². The molecule has 0 fully saturated rings. The maximum atomic E-state index is 12.9. The van der Waals surface area contributed by atoms with E-state index in [1.807, 2.05) is 36.4 Å². The quantitative estimate of drug-likeness (QED) is 0.340. The fraction of sp³-hybridized carbons (Fsp3) is 0.192.